The highest BCUT2D eigenvalue weighted by atomic mass is 79.9. The standard InChI is InChI=1S/C15H21BrN2OS/c1-2-9-18(11-5-7-17-8-6-11)15(19)13-10-12(20)3-4-14(13)16/h3-4,10-11,17,20H,2,5-9H2,1H3. The first-order valence-corrected chi connectivity index (χ1v) is 8.37. The summed E-state index contributed by atoms with van der Waals surface area (Å²) in [7, 11) is 0. The smallest absolute Gasteiger partial charge is 0.255 e. The maximum atomic E-state index is 12.8. The first-order chi connectivity index (χ1) is 9.63. The van der Waals surface area contributed by atoms with E-state index in [-0.39, 0.29) is 5.91 Å². The number of hydrogen-bond acceptors (Lipinski definition) is 3. The van der Waals surface area contributed by atoms with Gasteiger partial charge >= 0.3 is 0 Å². The fraction of sp³-hybridized carbons (Fsp3) is 0.533. The molecule has 0 saturated carbocycles. The van der Waals surface area contributed by atoms with Gasteiger partial charge in [0.15, 0.2) is 0 Å². The summed E-state index contributed by atoms with van der Waals surface area (Å²) in [6.07, 6.45) is 3.04. The summed E-state index contributed by atoms with van der Waals surface area (Å²) >= 11 is 7.82. The van der Waals surface area contributed by atoms with Gasteiger partial charge in [0.05, 0.1) is 5.56 Å². The number of piperidine rings is 1. The number of nitrogens with one attached hydrogen (secondary N) is 1. The number of nitrogens with zero attached hydrogens (tertiary/aromatic N) is 1. The molecule has 0 spiro atoms. The summed E-state index contributed by atoms with van der Waals surface area (Å²) < 4.78 is 0.843. The largest absolute Gasteiger partial charge is 0.336 e. The lowest BCUT2D eigenvalue weighted by Gasteiger charge is -2.35. The fourth-order valence-electron chi connectivity index (χ4n) is 2.64. The molecule has 0 aromatic heterocycles. The van der Waals surface area contributed by atoms with Crippen molar-refractivity contribution in [3.05, 3.63) is 28.2 Å². The summed E-state index contributed by atoms with van der Waals surface area (Å²) in [5, 5.41) is 3.35. The van der Waals surface area contributed by atoms with Gasteiger partial charge in [0.2, 0.25) is 0 Å². The number of amides is 1. The van der Waals surface area contributed by atoms with Crippen molar-refractivity contribution in [2.24, 2.45) is 0 Å². The molecule has 5 heteroatoms. The molecule has 0 bridgehead atoms. The average Bonchev–Trinajstić information content (AvgIpc) is 2.47. The van der Waals surface area contributed by atoms with Crippen molar-refractivity contribution in [1.29, 1.82) is 0 Å². The zero-order valence-corrected chi connectivity index (χ0v) is 14.2. The van der Waals surface area contributed by atoms with Crippen LogP contribution in [0.25, 0.3) is 0 Å². The van der Waals surface area contributed by atoms with E-state index in [0.717, 1.165) is 48.3 Å². The molecule has 1 saturated heterocycles. The maximum Gasteiger partial charge on any atom is 0.255 e. The first-order valence-electron chi connectivity index (χ1n) is 7.13. The van der Waals surface area contributed by atoms with Gasteiger partial charge in [-0.2, -0.15) is 0 Å². The Morgan fingerprint density at radius 3 is 2.80 bits per heavy atom. The second kappa shape index (κ2) is 7.48. The van der Waals surface area contributed by atoms with Gasteiger partial charge in [-0.1, -0.05) is 6.92 Å². The van der Waals surface area contributed by atoms with Crippen LogP contribution in [0.2, 0.25) is 0 Å². The highest BCUT2D eigenvalue weighted by Gasteiger charge is 2.26. The van der Waals surface area contributed by atoms with E-state index in [2.05, 4.69) is 40.8 Å². The Morgan fingerprint density at radius 2 is 2.15 bits per heavy atom. The van der Waals surface area contributed by atoms with Gasteiger partial charge in [-0.3, -0.25) is 4.79 Å². The van der Waals surface area contributed by atoms with Gasteiger partial charge in [-0.05, 0) is 66.5 Å². The van der Waals surface area contributed by atoms with Crippen molar-refractivity contribution < 1.29 is 4.79 Å². The van der Waals surface area contributed by atoms with Crippen molar-refractivity contribution in [3.63, 3.8) is 0 Å². The lowest BCUT2D eigenvalue weighted by atomic mass is 10.0. The molecule has 1 amide bonds. The predicted molar refractivity (Wildman–Crippen MR) is 88.6 cm³/mol. The van der Waals surface area contributed by atoms with Crippen molar-refractivity contribution in [2.75, 3.05) is 19.6 Å². The number of carbonyl (C=O) groups excluding carboxylic acids is 1. The number of carbonyl (C=O) groups is 1. The molecule has 1 heterocycles. The Kier molecular flexibility index (Phi) is 5.93. The summed E-state index contributed by atoms with van der Waals surface area (Å²) in [4.78, 5) is 15.7. The van der Waals surface area contributed by atoms with Crippen LogP contribution in [0.15, 0.2) is 27.6 Å². The van der Waals surface area contributed by atoms with Crippen molar-refractivity contribution in [1.82, 2.24) is 10.2 Å². The second-order valence-corrected chi connectivity index (χ2v) is 6.51. The van der Waals surface area contributed by atoms with Gasteiger partial charge in [-0.15, -0.1) is 12.6 Å². The minimum absolute atomic E-state index is 0.113. The number of halogens is 1. The van der Waals surface area contributed by atoms with Gasteiger partial charge in [0.1, 0.15) is 0 Å². The third-order valence-corrected chi connectivity index (χ3v) is 4.62. The number of benzene rings is 1. The molecule has 1 aromatic carbocycles. The van der Waals surface area contributed by atoms with Gasteiger partial charge < -0.3 is 10.2 Å². The van der Waals surface area contributed by atoms with Crippen LogP contribution in [0, 0.1) is 0 Å². The van der Waals surface area contributed by atoms with E-state index in [0.29, 0.717) is 11.6 Å². The molecule has 1 N–H and O–H groups in total. The van der Waals surface area contributed by atoms with Gasteiger partial charge in [-0.25, -0.2) is 0 Å². The quantitative estimate of drug-likeness (QED) is 0.810. The Balaban J connectivity index is 2.23. The lowest BCUT2D eigenvalue weighted by Crippen LogP contribution is -2.46. The normalized spacial score (nSPS) is 16.1. The summed E-state index contributed by atoms with van der Waals surface area (Å²) in [5.74, 6) is 0.113. The third-order valence-electron chi connectivity index (χ3n) is 3.66. The molecule has 1 aromatic rings. The molecule has 0 aliphatic carbocycles. The minimum Gasteiger partial charge on any atom is -0.336 e. The average molecular weight is 357 g/mol. The van der Waals surface area contributed by atoms with E-state index < -0.39 is 0 Å². The maximum absolute atomic E-state index is 12.8. The topological polar surface area (TPSA) is 32.3 Å². The van der Waals surface area contributed by atoms with E-state index in [1.165, 1.54) is 0 Å². The molecule has 1 aliphatic rings. The fourth-order valence-corrected chi connectivity index (χ4v) is 3.26. The monoisotopic (exact) mass is 356 g/mol. The van der Waals surface area contributed by atoms with Crippen LogP contribution in [0.1, 0.15) is 36.5 Å². The van der Waals surface area contributed by atoms with Crippen LogP contribution < -0.4 is 5.32 Å². The highest BCUT2D eigenvalue weighted by Crippen LogP contribution is 2.24. The number of rotatable bonds is 4. The molecule has 1 fully saturated rings. The Bertz CT molecular complexity index is 475. The number of thiol groups is 1. The molecule has 0 unspecified atom stereocenters. The van der Waals surface area contributed by atoms with Crippen LogP contribution in [0.3, 0.4) is 0 Å². The molecule has 20 heavy (non-hydrogen) atoms. The Labute approximate surface area is 134 Å². The molecule has 3 nitrogen and oxygen atoms in total. The Morgan fingerprint density at radius 1 is 1.45 bits per heavy atom. The lowest BCUT2D eigenvalue weighted by molar-refractivity contribution is 0.0641. The predicted octanol–water partition coefficient (Wildman–Crippen LogP) is 3.34. The minimum atomic E-state index is 0.113. The molecule has 1 aliphatic heterocycles. The highest BCUT2D eigenvalue weighted by molar-refractivity contribution is 9.10. The molecule has 2 rings (SSSR count). The van der Waals surface area contributed by atoms with Crippen molar-refractivity contribution in [3.8, 4) is 0 Å². The number of hydrogen-bond donors (Lipinski definition) is 2. The van der Waals surface area contributed by atoms with E-state index in [9.17, 15) is 4.79 Å². The van der Waals surface area contributed by atoms with E-state index in [1.54, 1.807) is 0 Å². The third kappa shape index (κ3) is 3.77. The van der Waals surface area contributed by atoms with Gasteiger partial charge in [0, 0.05) is 22.0 Å². The molecular formula is C15H21BrN2OS. The summed E-state index contributed by atoms with van der Waals surface area (Å²) in [6, 6.07) is 5.97. The SMILES string of the molecule is CCCN(C(=O)c1cc(S)ccc1Br)C1CCNCC1. The van der Waals surface area contributed by atoms with E-state index in [4.69, 9.17) is 0 Å². The van der Waals surface area contributed by atoms with Crippen LogP contribution in [0.4, 0.5) is 0 Å². The molecular weight excluding hydrogens is 336 g/mol. The summed E-state index contributed by atoms with van der Waals surface area (Å²) in [5.41, 5.74) is 0.712. The zero-order chi connectivity index (χ0) is 14.5. The Hall–Kier alpha value is -0.520. The molecule has 0 radical (unpaired) electrons. The van der Waals surface area contributed by atoms with Crippen LogP contribution in [-0.4, -0.2) is 36.5 Å². The first kappa shape index (κ1) is 15.9. The molecule has 0 atom stereocenters. The second-order valence-electron chi connectivity index (χ2n) is 5.14. The van der Waals surface area contributed by atoms with E-state index >= 15 is 0 Å². The van der Waals surface area contributed by atoms with Gasteiger partial charge in [0.25, 0.3) is 5.91 Å². The van der Waals surface area contributed by atoms with Crippen LogP contribution in [-0.2, 0) is 0 Å². The van der Waals surface area contributed by atoms with Crippen LogP contribution >= 0.6 is 28.6 Å². The van der Waals surface area contributed by atoms with Crippen molar-refractivity contribution >= 4 is 34.5 Å². The van der Waals surface area contributed by atoms with Crippen LogP contribution in [0.5, 0.6) is 0 Å². The zero-order valence-electron chi connectivity index (χ0n) is 11.7. The van der Waals surface area contributed by atoms with Crippen molar-refractivity contribution in [2.45, 2.75) is 37.1 Å². The van der Waals surface area contributed by atoms with E-state index in [1.807, 2.05) is 23.1 Å². The molecule has 110 valence electrons. The summed E-state index contributed by atoms with van der Waals surface area (Å²) in [6.45, 7) is 4.91.